The highest BCUT2D eigenvalue weighted by atomic mass is 35.5. The summed E-state index contributed by atoms with van der Waals surface area (Å²) in [6, 6.07) is 4.36. The molecule has 1 rings (SSSR count). The average molecular weight is 275 g/mol. The maximum atomic E-state index is 10.8. The van der Waals surface area contributed by atoms with E-state index in [0.717, 1.165) is 0 Å². The Morgan fingerprint density at radius 3 is 2.78 bits per heavy atom. The average Bonchev–Trinajstić information content (AvgIpc) is 2.34. The van der Waals surface area contributed by atoms with E-state index in [4.69, 9.17) is 21.1 Å². The normalized spacial score (nSPS) is 12.2. The maximum absolute atomic E-state index is 10.8. The Balaban J connectivity index is 2.76. The molecule has 0 amide bonds. The van der Waals surface area contributed by atoms with Gasteiger partial charge in [0.25, 0.3) is 5.69 Å². The molecule has 1 N–H and O–H groups in total. The molecule has 18 heavy (non-hydrogen) atoms. The summed E-state index contributed by atoms with van der Waals surface area (Å²) >= 11 is 5.81. The van der Waals surface area contributed by atoms with Gasteiger partial charge in [-0.15, -0.1) is 0 Å². The number of halogens is 1. The molecule has 0 saturated carbocycles. The molecule has 0 radical (unpaired) electrons. The standard InChI is InChI=1S/C11H15ClN2O4/c1-17-7-9(18-2)6-13-10-5-8(12)3-4-11(10)14(15)16/h3-5,9,13H,6-7H2,1-2H3. The van der Waals surface area contributed by atoms with E-state index in [1.807, 2.05) is 0 Å². The molecule has 1 aromatic rings. The van der Waals surface area contributed by atoms with E-state index in [9.17, 15) is 10.1 Å². The van der Waals surface area contributed by atoms with Crippen molar-refractivity contribution in [2.45, 2.75) is 6.10 Å². The highest BCUT2D eigenvalue weighted by molar-refractivity contribution is 6.31. The van der Waals surface area contributed by atoms with Crippen LogP contribution in [0.25, 0.3) is 0 Å². The minimum atomic E-state index is -0.462. The lowest BCUT2D eigenvalue weighted by molar-refractivity contribution is -0.384. The SMILES string of the molecule is COCC(CNc1cc(Cl)ccc1[N+](=O)[O-])OC. The Morgan fingerprint density at radius 1 is 1.50 bits per heavy atom. The summed E-state index contributed by atoms with van der Waals surface area (Å²) in [7, 11) is 3.12. The molecule has 6 nitrogen and oxygen atoms in total. The quantitative estimate of drug-likeness (QED) is 0.610. The van der Waals surface area contributed by atoms with Crippen LogP contribution in [0.3, 0.4) is 0 Å². The first-order valence-corrected chi connectivity index (χ1v) is 5.65. The minimum absolute atomic E-state index is 0.0216. The third kappa shape index (κ3) is 4.14. The van der Waals surface area contributed by atoms with Gasteiger partial charge in [-0.1, -0.05) is 11.6 Å². The number of benzene rings is 1. The summed E-state index contributed by atoms with van der Waals surface area (Å²) in [5.41, 5.74) is 0.345. The molecule has 0 spiro atoms. The van der Waals surface area contributed by atoms with Gasteiger partial charge in [0.2, 0.25) is 0 Å². The zero-order chi connectivity index (χ0) is 13.5. The van der Waals surface area contributed by atoms with E-state index in [1.54, 1.807) is 14.2 Å². The summed E-state index contributed by atoms with van der Waals surface area (Å²) in [4.78, 5) is 10.4. The molecular formula is C11H15ClN2O4. The second-order valence-corrected chi connectivity index (χ2v) is 4.05. The molecule has 0 fully saturated rings. The molecule has 0 aromatic heterocycles. The number of hydrogen-bond donors (Lipinski definition) is 1. The third-order valence-corrected chi connectivity index (χ3v) is 2.60. The van der Waals surface area contributed by atoms with Crippen LogP contribution in [0.2, 0.25) is 5.02 Å². The van der Waals surface area contributed by atoms with Gasteiger partial charge in [0.1, 0.15) is 5.69 Å². The lowest BCUT2D eigenvalue weighted by Crippen LogP contribution is -2.26. The fraction of sp³-hybridized carbons (Fsp3) is 0.455. The van der Waals surface area contributed by atoms with Crippen LogP contribution in [0.5, 0.6) is 0 Å². The highest BCUT2D eigenvalue weighted by Gasteiger charge is 2.15. The molecule has 0 saturated heterocycles. The van der Waals surface area contributed by atoms with Gasteiger partial charge in [-0.3, -0.25) is 10.1 Å². The predicted molar refractivity (Wildman–Crippen MR) is 69.3 cm³/mol. The lowest BCUT2D eigenvalue weighted by Gasteiger charge is -2.15. The summed E-state index contributed by atoms with van der Waals surface area (Å²) in [6.45, 7) is 0.795. The van der Waals surface area contributed by atoms with E-state index in [0.29, 0.717) is 23.9 Å². The summed E-state index contributed by atoms with van der Waals surface area (Å²) < 4.78 is 10.1. The van der Waals surface area contributed by atoms with Crippen LogP contribution in [-0.2, 0) is 9.47 Å². The number of rotatable bonds is 7. The molecule has 100 valence electrons. The molecule has 7 heteroatoms. The van der Waals surface area contributed by atoms with Gasteiger partial charge in [-0.05, 0) is 12.1 Å². The number of hydrogen-bond acceptors (Lipinski definition) is 5. The lowest BCUT2D eigenvalue weighted by atomic mass is 10.2. The molecule has 0 aliphatic carbocycles. The van der Waals surface area contributed by atoms with Crippen LogP contribution in [0.4, 0.5) is 11.4 Å². The van der Waals surface area contributed by atoms with Gasteiger partial charge in [-0.2, -0.15) is 0 Å². The Kier molecular flexibility index (Phi) is 5.84. The second kappa shape index (κ2) is 7.15. The second-order valence-electron chi connectivity index (χ2n) is 3.61. The van der Waals surface area contributed by atoms with Crippen LogP contribution in [0.15, 0.2) is 18.2 Å². The zero-order valence-corrected chi connectivity index (χ0v) is 10.9. The van der Waals surface area contributed by atoms with E-state index in [-0.39, 0.29) is 11.8 Å². The van der Waals surface area contributed by atoms with E-state index in [1.165, 1.54) is 18.2 Å². The van der Waals surface area contributed by atoms with E-state index in [2.05, 4.69) is 5.32 Å². The number of anilines is 1. The van der Waals surface area contributed by atoms with Gasteiger partial charge in [0.05, 0.1) is 17.6 Å². The van der Waals surface area contributed by atoms with Crippen molar-refractivity contribution in [1.82, 2.24) is 0 Å². The van der Waals surface area contributed by atoms with Gasteiger partial charge in [0.15, 0.2) is 0 Å². The van der Waals surface area contributed by atoms with Crippen molar-refractivity contribution in [1.29, 1.82) is 0 Å². The highest BCUT2D eigenvalue weighted by Crippen LogP contribution is 2.27. The van der Waals surface area contributed by atoms with Crippen molar-refractivity contribution in [3.8, 4) is 0 Å². The van der Waals surface area contributed by atoms with Crippen LogP contribution in [0.1, 0.15) is 0 Å². The van der Waals surface area contributed by atoms with Crippen LogP contribution >= 0.6 is 11.6 Å². The van der Waals surface area contributed by atoms with Crippen molar-refractivity contribution in [3.63, 3.8) is 0 Å². The van der Waals surface area contributed by atoms with Crippen LogP contribution in [-0.4, -0.2) is 38.4 Å². The number of methoxy groups -OCH3 is 2. The smallest absolute Gasteiger partial charge is 0.292 e. The van der Waals surface area contributed by atoms with Crippen LogP contribution < -0.4 is 5.32 Å². The van der Waals surface area contributed by atoms with Crippen molar-refractivity contribution < 1.29 is 14.4 Å². The van der Waals surface area contributed by atoms with Crippen molar-refractivity contribution in [2.75, 3.05) is 32.7 Å². The maximum Gasteiger partial charge on any atom is 0.292 e. The third-order valence-electron chi connectivity index (χ3n) is 2.36. The number of ether oxygens (including phenoxy) is 2. The molecule has 0 aliphatic rings. The Hall–Kier alpha value is -1.37. The Bertz CT molecular complexity index is 414. The first-order chi connectivity index (χ1) is 8.58. The van der Waals surface area contributed by atoms with Crippen molar-refractivity contribution in [2.24, 2.45) is 0 Å². The molecule has 0 heterocycles. The molecule has 1 atom stereocenters. The molecule has 0 aliphatic heterocycles. The Morgan fingerprint density at radius 2 is 2.22 bits per heavy atom. The van der Waals surface area contributed by atoms with Gasteiger partial charge >= 0.3 is 0 Å². The van der Waals surface area contributed by atoms with E-state index < -0.39 is 4.92 Å². The zero-order valence-electron chi connectivity index (χ0n) is 10.2. The van der Waals surface area contributed by atoms with E-state index >= 15 is 0 Å². The first-order valence-electron chi connectivity index (χ1n) is 5.28. The number of nitro groups is 1. The van der Waals surface area contributed by atoms with Gasteiger partial charge in [0, 0.05) is 31.9 Å². The fourth-order valence-electron chi connectivity index (χ4n) is 1.43. The largest absolute Gasteiger partial charge is 0.382 e. The monoisotopic (exact) mass is 274 g/mol. The molecular weight excluding hydrogens is 260 g/mol. The molecule has 1 unspecified atom stereocenters. The number of nitro benzene ring substituents is 1. The van der Waals surface area contributed by atoms with Gasteiger partial charge < -0.3 is 14.8 Å². The number of nitrogens with zero attached hydrogens (tertiary/aromatic N) is 1. The minimum Gasteiger partial charge on any atom is -0.382 e. The van der Waals surface area contributed by atoms with Gasteiger partial charge in [-0.25, -0.2) is 0 Å². The summed E-state index contributed by atoms with van der Waals surface area (Å²) in [6.07, 6.45) is -0.186. The summed E-state index contributed by atoms with van der Waals surface area (Å²) in [5, 5.41) is 14.2. The number of nitrogens with one attached hydrogen (secondary N) is 1. The topological polar surface area (TPSA) is 73.6 Å². The van der Waals surface area contributed by atoms with Crippen molar-refractivity contribution >= 4 is 23.0 Å². The van der Waals surface area contributed by atoms with Crippen LogP contribution in [0, 0.1) is 10.1 Å². The summed E-state index contributed by atoms with van der Waals surface area (Å²) in [5.74, 6) is 0. The van der Waals surface area contributed by atoms with Crippen molar-refractivity contribution in [3.05, 3.63) is 33.3 Å². The fourth-order valence-corrected chi connectivity index (χ4v) is 1.60. The predicted octanol–water partition coefficient (Wildman–Crippen LogP) is 2.32. The molecule has 0 bridgehead atoms. The first kappa shape index (κ1) is 14.7. The molecule has 1 aromatic carbocycles. The Labute approximate surface area is 110 Å².